The number of carbonyl (C=O) groups excluding carboxylic acids is 3. The molecule has 0 unspecified atom stereocenters. The maximum Gasteiger partial charge on any atom is 0.323 e. The van der Waals surface area contributed by atoms with Gasteiger partial charge in [0.2, 0.25) is 11.8 Å². The van der Waals surface area contributed by atoms with E-state index in [1.54, 1.807) is 4.90 Å². The van der Waals surface area contributed by atoms with Crippen molar-refractivity contribution in [2.24, 2.45) is 11.8 Å². The number of amides is 4. The van der Waals surface area contributed by atoms with E-state index in [1.165, 1.54) is 22.7 Å². The second-order valence-electron chi connectivity index (χ2n) is 15.9. The van der Waals surface area contributed by atoms with Crippen LogP contribution in [-0.4, -0.2) is 126 Å². The zero-order valence-corrected chi connectivity index (χ0v) is 37.1. The lowest BCUT2D eigenvalue weighted by Gasteiger charge is -2.28. The van der Waals surface area contributed by atoms with E-state index < -0.39 is 0 Å². The molecule has 0 radical (unpaired) electrons. The first-order valence-electron chi connectivity index (χ1n) is 19.9. The number of carbonyl (C=O) groups is 3. The number of hydrogen-bond donors (Lipinski definition) is 3. The number of thiazole rings is 2. The van der Waals surface area contributed by atoms with Crippen molar-refractivity contribution in [3.8, 4) is 0 Å². The number of ether oxygens (including phenoxy) is 2. The average molecular weight is 922 g/mol. The monoisotopic (exact) mass is 921 g/mol. The first-order chi connectivity index (χ1) is 26.1. The highest BCUT2D eigenvalue weighted by Crippen LogP contribution is 2.27. The normalized spacial score (nSPS) is 19.0. The Morgan fingerprint density at radius 1 is 0.782 bits per heavy atom. The Kier molecular flexibility index (Phi) is 21.1. The molecule has 4 N–H and O–H groups in total. The van der Waals surface area contributed by atoms with Gasteiger partial charge >= 0.3 is 6.03 Å². The Bertz CT molecular complexity index is 1430. The molecule has 4 fully saturated rings. The molecule has 6 rings (SSSR count). The largest absolute Gasteiger partial charge is 0.381 e. The van der Waals surface area contributed by atoms with Crippen molar-refractivity contribution in [1.82, 2.24) is 30.0 Å². The third kappa shape index (κ3) is 16.7. The molecule has 2 aromatic rings. The molecule has 4 amide bonds. The van der Waals surface area contributed by atoms with E-state index in [-0.39, 0.29) is 42.0 Å². The number of nitrogens with two attached hydrogens (primary N) is 1. The number of urea groups is 1. The molecule has 0 aliphatic carbocycles. The Labute approximate surface area is 353 Å². The van der Waals surface area contributed by atoms with Crippen LogP contribution < -0.4 is 16.4 Å². The van der Waals surface area contributed by atoms with Crippen molar-refractivity contribution in [3.63, 3.8) is 0 Å². The Morgan fingerprint density at radius 3 is 1.75 bits per heavy atom. The van der Waals surface area contributed by atoms with Gasteiger partial charge in [-0.25, -0.2) is 14.8 Å². The van der Waals surface area contributed by atoms with Crippen molar-refractivity contribution in [3.05, 3.63) is 22.1 Å². The predicted molar refractivity (Wildman–Crippen MR) is 236 cm³/mol. The van der Waals surface area contributed by atoms with Crippen molar-refractivity contribution >= 4 is 73.4 Å². The van der Waals surface area contributed by atoms with E-state index in [4.69, 9.17) is 16.6 Å². The average Bonchev–Trinajstić information content (AvgIpc) is 3.64. The molecule has 6 heterocycles. The number of aromatic nitrogens is 2. The molecular weight excluding hydrogens is 852 g/mol. The third-order valence-corrected chi connectivity index (χ3v) is 11.1. The minimum Gasteiger partial charge on any atom is -0.381 e. The van der Waals surface area contributed by atoms with Gasteiger partial charge in [0.25, 0.3) is 0 Å². The lowest BCUT2D eigenvalue weighted by molar-refractivity contribution is -0.139. The van der Waals surface area contributed by atoms with Crippen LogP contribution in [0.25, 0.3) is 0 Å². The summed E-state index contributed by atoms with van der Waals surface area (Å²) in [4.78, 5) is 52.4. The lowest BCUT2D eigenvalue weighted by atomic mass is 9.93. The fourth-order valence-corrected chi connectivity index (χ4v) is 8.01. The van der Waals surface area contributed by atoms with Crippen LogP contribution in [0.1, 0.15) is 100 Å². The predicted octanol–water partition coefficient (Wildman–Crippen LogP) is 6.88. The Morgan fingerprint density at radius 2 is 1.25 bits per heavy atom. The molecule has 314 valence electrons. The van der Waals surface area contributed by atoms with Gasteiger partial charge in [-0.15, -0.1) is 22.7 Å². The number of alkyl halides is 1. The van der Waals surface area contributed by atoms with Crippen molar-refractivity contribution in [2.75, 3.05) is 94.7 Å². The fraction of sp³-hybridized carbons (Fsp3) is 0.769. The van der Waals surface area contributed by atoms with E-state index >= 15 is 0 Å². The molecule has 13 nitrogen and oxygen atoms in total. The lowest BCUT2D eigenvalue weighted by Crippen LogP contribution is -2.42. The summed E-state index contributed by atoms with van der Waals surface area (Å²) in [5.74, 6) is 0.861. The zero-order valence-electron chi connectivity index (χ0n) is 34.3. The van der Waals surface area contributed by atoms with Gasteiger partial charge in [-0.05, 0) is 50.0 Å². The van der Waals surface area contributed by atoms with Crippen molar-refractivity contribution in [2.45, 2.75) is 98.3 Å². The maximum absolute atomic E-state index is 12.7. The quantitative estimate of drug-likeness (QED) is 0.221. The van der Waals surface area contributed by atoms with Crippen LogP contribution in [-0.2, 0) is 29.9 Å². The van der Waals surface area contributed by atoms with Gasteiger partial charge in [0.1, 0.15) is 0 Å². The highest BCUT2D eigenvalue weighted by molar-refractivity contribution is 14.1. The minimum absolute atomic E-state index is 0. The van der Waals surface area contributed by atoms with Gasteiger partial charge in [0, 0.05) is 107 Å². The topological polar surface area (TPSA) is 155 Å². The third-order valence-electron chi connectivity index (χ3n) is 9.66. The SMILES string of the molecule is C.CC(C)(C)c1csc(N)n1.CC(C)(C)c1csc(NC(=O)N2CCCN(C(=O)C3CCOCC3)CC2)n1.O=C(C1CCOCC1)N1CCCNCC1.[2H]CI. The summed E-state index contributed by atoms with van der Waals surface area (Å²) in [7, 11) is 0. The summed E-state index contributed by atoms with van der Waals surface area (Å²) in [6.07, 6.45) is 5.30. The molecule has 4 aliphatic rings. The number of halogens is 1. The maximum atomic E-state index is 12.7. The minimum atomic E-state index is -0.134. The number of anilines is 2. The molecule has 16 heteroatoms. The fourth-order valence-electron chi connectivity index (χ4n) is 6.29. The summed E-state index contributed by atoms with van der Waals surface area (Å²) in [5.41, 5.74) is 7.64. The molecule has 0 saturated carbocycles. The van der Waals surface area contributed by atoms with Gasteiger partial charge < -0.3 is 35.2 Å². The number of nitrogens with zero attached hydrogens (tertiary/aromatic N) is 5. The molecule has 0 spiro atoms. The number of nitrogens with one attached hydrogen (secondary N) is 2. The van der Waals surface area contributed by atoms with Crippen molar-refractivity contribution in [1.29, 1.82) is 0 Å². The van der Waals surface area contributed by atoms with Crippen LogP contribution in [0.4, 0.5) is 15.1 Å². The highest BCUT2D eigenvalue weighted by Gasteiger charge is 2.29. The molecule has 0 bridgehead atoms. The van der Waals surface area contributed by atoms with Crippen LogP contribution >= 0.6 is 45.3 Å². The van der Waals surface area contributed by atoms with E-state index in [1.807, 2.05) is 43.2 Å². The summed E-state index contributed by atoms with van der Waals surface area (Å²) in [6.45, 7) is 21.8. The second kappa shape index (κ2) is 24.6. The van der Waals surface area contributed by atoms with Crippen LogP contribution in [0.2, 0.25) is 0 Å². The van der Waals surface area contributed by atoms with E-state index in [0.717, 1.165) is 89.3 Å². The summed E-state index contributed by atoms with van der Waals surface area (Å²) in [5, 5.41) is 11.5. The second-order valence-corrected chi connectivity index (χ2v) is 17.7. The molecule has 2 aromatic heterocycles. The number of rotatable bonds is 3. The van der Waals surface area contributed by atoms with Crippen LogP contribution in [0.5, 0.6) is 0 Å². The molecule has 4 saturated heterocycles. The Balaban J connectivity index is 0.000000313. The van der Waals surface area contributed by atoms with Crippen LogP contribution in [0, 0.1) is 11.8 Å². The molecular formula is C39H69IN8O5S2. The van der Waals surface area contributed by atoms with E-state index in [0.29, 0.717) is 60.5 Å². The molecule has 55 heavy (non-hydrogen) atoms. The van der Waals surface area contributed by atoms with Gasteiger partial charge in [0.05, 0.1) is 11.4 Å². The number of nitrogen functional groups attached to an aromatic ring is 1. The van der Waals surface area contributed by atoms with E-state index in [2.05, 4.69) is 62.1 Å². The summed E-state index contributed by atoms with van der Waals surface area (Å²) in [6, 6.07) is -0.134. The van der Waals surface area contributed by atoms with E-state index in [9.17, 15) is 14.4 Å². The first kappa shape index (κ1) is 47.3. The van der Waals surface area contributed by atoms with Gasteiger partial charge in [-0.2, -0.15) is 0 Å². The standard InChI is InChI=1S/C19H30N4O3S.C11H20N2O2.C7H12N2S.CH3I.CH4/c1-19(2,3)15-13-27-17(20-15)21-18(25)23-8-4-7-22(9-10-23)16(24)14-5-11-26-12-6-14;14-11(10-2-8-15-9-3-10)13-6-1-4-12-5-7-13;1-7(2,3)5-4-10-6(8)9-5;1-2;/h13-14H,4-12H2,1-3H3,(H,20,21,25);10,12H,1-9H2;4H,1-3H3,(H2,8,9);1H3;1H4/i;;;1D;. The molecule has 4 aliphatic heterocycles. The smallest absolute Gasteiger partial charge is 0.323 e. The zero-order chi connectivity index (χ0) is 40.4. The molecule has 0 aromatic carbocycles. The first-order valence-corrected chi connectivity index (χ1v) is 22.4. The Hall–Kier alpha value is -2.12. The summed E-state index contributed by atoms with van der Waals surface area (Å²) >= 11 is 4.91. The van der Waals surface area contributed by atoms with Crippen molar-refractivity contribution < 1.29 is 25.2 Å². The molecule has 0 atom stereocenters. The number of hydrogen-bond acceptors (Lipinski definition) is 11. The van der Waals surface area contributed by atoms with Crippen LogP contribution in [0.15, 0.2) is 10.8 Å². The van der Waals surface area contributed by atoms with Gasteiger partial charge in [-0.1, -0.05) is 71.6 Å². The summed E-state index contributed by atoms with van der Waals surface area (Å²) < 4.78 is 16.8. The van der Waals surface area contributed by atoms with Gasteiger partial charge in [0.15, 0.2) is 10.3 Å². The highest BCUT2D eigenvalue weighted by atomic mass is 127. The van der Waals surface area contributed by atoms with Crippen LogP contribution in [0.3, 0.4) is 0 Å². The van der Waals surface area contributed by atoms with Gasteiger partial charge in [-0.3, -0.25) is 14.9 Å².